The first-order chi connectivity index (χ1) is 12.0. The lowest BCUT2D eigenvalue weighted by atomic mass is 9.93. The average Bonchev–Trinajstić information content (AvgIpc) is 2.63. The Bertz CT molecular complexity index is 802. The highest BCUT2D eigenvalue weighted by molar-refractivity contribution is 6.01. The summed E-state index contributed by atoms with van der Waals surface area (Å²) in [6, 6.07) is 7.67. The number of rotatable bonds is 3. The van der Waals surface area contributed by atoms with E-state index >= 15 is 0 Å². The van der Waals surface area contributed by atoms with Crippen molar-refractivity contribution < 1.29 is 9.59 Å². The molecule has 1 atom stereocenters. The average molecular weight is 337 g/mol. The van der Waals surface area contributed by atoms with Crippen molar-refractivity contribution >= 4 is 23.2 Å². The van der Waals surface area contributed by atoms with Gasteiger partial charge in [-0.25, -0.2) is 0 Å². The number of amides is 2. The maximum Gasteiger partial charge on any atom is 0.234 e. The summed E-state index contributed by atoms with van der Waals surface area (Å²) in [5.74, 6) is -0.293. The molecule has 0 spiro atoms. The van der Waals surface area contributed by atoms with Gasteiger partial charge in [-0.3, -0.25) is 14.6 Å². The fraction of sp³-hybridized carbons (Fsp3) is 0.350. The van der Waals surface area contributed by atoms with Crippen LogP contribution in [0.2, 0.25) is 0 Å². The highest BCUT2D eigenvalue weighted by Crippen LogP contribution is 2.37. The first kappa shape index (κ1) is 17.1. The molecule has 1 N–H and O–H groups in total. The lowest BCUT2D eigenvalue weighted by Gasteiger charge is -2.34. The highest BCUT2D eigenvalue weighted by Gasteiger charge is 2.29. The number of pyridine rings is 1. The highest BCUT2D eigenvalue weighted by atomic mass is 16.2. The number of hydrogen-bond donors (Lipinski definition) is 1. The molecular weight excluding hydrogens is 314 g/mol. The molecule has 2 amide bonds. The summed E-state index contributed by atoms with van der Waals surface area (Å²) in [5, 5.41) is 2.89. The molecule has 1 aliphatic heterocycles. The van der Waals surface area contributed by atoms with Crippen molar-refractivity contribution in [3.8, 4) is 0 Å². The second-order valence-corrected chi connectivity index (χ2v) is 6.54. The number of benzene rings is 1. The minimum atomic E-state index is -0.261. The minimum absolute atomic E-state index is 0.0667. The van der Waals surface area contributed by atoms with Crippen LogP contribution < -0.4 is 10.2 Å². The summed E-state index contributed by atoms with van der Waals surface area (Å²) < 4.78 is 0. The Morgan fingerprint density at radius 3 is 2.76 bits per heavy atom. The van der Waals surface area contributed by atoms with Gasteiger partial charge in [0, 0.05) is 31.5 Å². The number of nitrogens with zero attached hydrogens (tertiary/aromatic N) is 2. The van der Waals surface area contributed by atoms with E-state index in [1.54, 1.807) is 12.4 Å². The summed E-state index contributed by atoms with van der Waals surface area (Å²) in [4.78, 5) is 30.6. The maximum absolute atomic E-state index is 13.2. The van der Waals surface area contributed by atoms with Gasteiger partial charge in [0.25, 0.3) is 0 Å². The van der Waals surface area contributed by atoms with Crippen LogP contribution in [0.15, 0.2) is 36.7 Å². The lowest BCUT2D eigenvalue weighted by Crippen LogP contribution is -2.39. The summed E-state index contributed by atoms with van der Waals surface area (Å²) in [6.07, 6.45) is 5.20. The van der Waals surface area contributed by atoms with Crippen LogP contribution in [-0.2, 0) is 16.0 Å². The lowest BCUT2D eigenvalue weighted by molar-refractivity contribution is -0.119. The van der Waals surface area contributed by atoms with E-state index in [4.69, 9.17) is 0 Å². The zero-order chi connectivity index (χ0) is 18.0. The standard InChI is InChI=1S/C20H23N3O2/c1-13-8-9-18(22-15(3)24)17-7-5-11-23(19(13)17)20(25)14(2)16-6-4-10-21-12-16/h4,6,8-10,12,14H,5,7,11H2,1-3H3,(H,22,24). The molecule has 2 aromatic rings. The number of fused-ring (bicyclic) bond motifs is 1. The topological polar surface area (TPSA) is 62.3 Å². The van der Waals surface area contributed by atoms with Gasteiger partial charge >= 0.3 is 0 Å². The molecule has 130 valence electrons. The Hall–Kier alpha value is -2.69. The fourth-order valence-corrected chi connectivity index (χ4v) is 3.44. The number of carbonyl (C=O) groups is 2. The molecule has 0 fully saturated rings. The van der Waals surface area contributed by atoms with Crippen LogP contribution in [0.5, 0.6) is 0 Å². The molecule has 3 rings (SSSR count). The second-order valence-electron chi connectivity index (χ2n) is 6.54. The molecule has 5 heteroatoms. The largest absolute Gasteiger partial charge is 0.326 e. The molecule has 1 aliphatic rings. The van der Waals surface area contributed by atoms with Gasteiger partial charge in [0.1, 0.15) is 0 Å². The third-order valence-electron chi connectivity index (χ3n) is 4.69. The summed E-state index contributed by atoms with van der Waals surface area (Å²) >= 11 is 0. The summed E-state index contributed by atoms with van der Waals surface area (Å²) in [7, 11) is 0. The van der Waals surface area contributed by atoms with Crippen molar-refractivity contribution in [2.45, 2.75) is 39.5 Å². The number of hydrogen-bond acceptors (Lipinski definition) is 3. The fourth-order valence-electron chi connectivity index (χ4n) is 3.44. The van der Waals surface area contributed by atoms with Crippen molar-refractivity contribution in [2.75, 3.05) is 16.8 Å². The van der Waals surface area contributed by atoms with E-state index in [1.807, 2.05) is 43.0 Å². The van der Waals surface area contributed by atoms with Crippen molar-refractivity contribution in [1.82, 2.24) is 4.98 Å². The molecule has 1 unspecified atom stereocenters. The predicted octanol–water partition coefficient (Wildman–Crippen LogP) is 3.43. The van der Waals surface area contributed by atoms with Gasteiger partial charge in [0.2, 0.25) is 11.8 Å². The molecule has 5 nitrogen and oxygen atoms in total. The van der Waals surface area contributed by atoms with Crippen LogP contribution in [-0.4, -0.2) is 23.3 Å². The Balaban J connectivity index is 1.98. The third kappa shape index (κ3) is 3.40. The minimum Gasteiger partial charge on any atom is -0.326 e. The molecule has 1 aromatic heterocycles. The van der Waals surface area contributed by atoms with Gasteiger partial charge in [0.05, 0.1) is 11.6 Å². The van der Waals surface area contributed by atoms with Crippen LogP contribution in [0.25, 0.3) is 0 Å². The molecule has 1 aromatic carbocycles. The molecular formula is C20H23N3O2. The summed E-state index contributed by atoms with van der Waals surface area (Å²) in [6.45, 7) is 6.13. The van der Waals surface area contributed by atoms with Crippen LogP contribution in [0, 0.1) is 6.92 Å². The molecule has 0 saturated heterocycles. The number of nitrogens with one attached hydrogen (secondary N) is 1. The van der Waals surface area contributed by atoms with E-state index in [1.165, 1.54) is 6.92 Å². The number of anilines is 2. The van der Waals surface area contributed by atoms with E-state index in [0.717, 1.165) is 40.9 Å². The van der Waals surface area contributed by atoms with Crippen LogP contribution in [0.1, 0.15) is 42.9 Å². The normalized spacial score (nSPS) is 14.6. The van der Waals surface area contributed by atoms with Gasteiger partial charge in [-0.15, -0.1) is 0 Å². The smallest absolute Gasteiger partial charge is 0.234 e. The van der Waals surface area contributed by atoms with Crippen molar-refractivity contribution in [2.24, 2.45) is 0 Å². The van der Waals surface area contributed by atoms with Gasteiger partial charge < -0.3 is 10.2 Å². The molecule has 0 aliphatic carbocycles. The number of carbonyl (C=O) groups excluding carboxylic acids is 2. The van der Waals surface area contributed by atoms with E-state index in [0.29, 0.717) is 6.54 Å². The second kappa shape index (κ2) is 7.05. The van der Waals surface area contributed by atoms with Gasteiger partial charge in [-0.05, 0) is 55.5 Å². The molecule has 0 radical (unpaired) electrons. The zero-order valence-corrected chi connectivity index (χ0v) is 14.9. The molecule has 2 heterocycles. The Morgan fingerprint density at radius 2 is 2.08 bits per heavy atom. The van der Waals surface area contributed by atoms with Crippen molar-refractivity contribution in [3.63, 3.8) is 0 Å². The third-order valence-corrected chi connectivity index (χ3v) is 4.69. The van der Waals surface area contributed by atoms with E-state index < -0.39 is 0 Å². The van der Waals surface area contributed by atoms with Crippen LogP contribution >= 0.6 is 0 Å². The maximum atomic E-state index is 13.2. The predicted molar refractivity (Wildman–Crippen MR) is 98.8 cm³/mol. The van der Waals surface area contributed by atoms with Crippen molar-refractivity contribution in [3.05, 3.63) is 53.3 Å². The van der Waals surface area contributed by atoms with Crippen molar-refractivity contribution in [1.29, 1.82) is 0 Å². The first-order valence-electron chi connectivity index (χ1n) is 8.60. The Kier molecular flexibility index (Phi) is 4.83. The van der Waals surface area contributed by atoms with E-state index in [9.17, 15) is 9.59 Å². The number of aryl methyl sites for hydroxylation is 1. The van der Waals surface area contributed by atoms with Gasteiger partial charge in [0.15, 0.2) is 0 Å². The van der Waals surface area contributed by atoms with Gasteiger partial charge in [-0.1, -0.05) is 12.1 Å². The van der Waals surface area contributed by atoms with E-state index in [-0.39, 0.29) is 17.7 Å². The molecule has 0 saturated carbocycles. The zero-order valence-electron chi connectivity index (χ0n) is 14.9. The van der Waals surface area contributed by atoms with Crippen LogP contribution in [0.4, 0.5) is 11.4 Å². The van der Waals surface area contributed by atoms with E-state index in [2.05, 4.69) is 10.3 Å². The molecule has 0 bridgehead atoms. The number of aromatic nitrogens is 1. The Labute approximate surface area is 148 Å². The monoisotopic (exact) mass is 337 g/mol. The Morgan fingerprint density at radius 1 is 1.28 bits per heavy atom. The SMILES string of the molecule is CC(=O)Nc1ccc(C)c2c1CCCN2C(=O)C(C)c1cccnc1. The van der Waals surface area contributed by atoms with Gasteiger partial charge in [-0.2, -0.15) is 0 Å². The molecule has 25 heavy (non-hydrogen) atoms. The van der Waals surface area contributed by atoms with Crippen LogP contribution in [0.3, 0.4) is 0 Å². The summed E-state index contributed by atoms with van der Waals surface area (Å²) in [5.41, 5.74) is 4.76. The quantitative estimate of drug-likeness (QED) is 0.933. The first-order valence-corrected chi connectivity index (χ1v) is 8.60.